The van der Waals surface area contributed by atoms with E-state index in [2.05, 4.69) is 160 Å². The Kier molecular flexibility index (Phi) is 26.6. The molecule has 4 saturated carbocycles. The third-order valence-electron chi connectivity index (χ3n) is 24.7. The Labute approximate surface area is 718 Å². The van der Waals surface area contributed by atoms with Gasteiger partial charge in [0.2, 0.25) is 30.1 Å². The second-order valence-electron chi connectivity index (χ2n) is 34.3. The number of methoxy groups -OCH3 is 1. The number of benzene rings is 4. The number of nitrogens with one attached hydrogen (secondary N) is 4. The van der Waals surface area contributed by atoms with Crippen molar-refractivity contribution in [3.8, 4) is 44.5 Å². The lowest BCUT2D eigenvalue weighted by molar-refractivity contribution is 0.0920. The van der Waals surface area contributed by atoms with Gasteiger partial charge in [-0.1, -0.05) is 72.8 Å². The van der Waals surface area contributed by atoms with Gasteiger partial charge in [0.15, 0.2) is 0 Å². The van der Waals surface area contributed by atoms with Crippen molar-refractivity contribution in [1.82, 2.24) is 97.2 Å². The summed E-state index contributed by atoms with van der Waals surface area (Å²) >= 11 is 0. The van der Waals surface area contributed by atoms with E-state index >= 15 is 0 Å². The van der Waals surface area contributed by atoms with Crippen molar-refractivity contribution in [3.63, 3.8) is 0 Å². The fourth-order valence-electron chi connectivity index (χ4n) is 17.9. The number of anilines is 4. The van der Waals surface area contributed by atoms with Crippen LogP contribution in [0, 0.1) is 23.7 Å². The Bertz CT molecular complexity index is 6140. The summed E-state index contributed by atoms with van der Waals surface area (Å²) in [6.07, 6.45) is 27.9. The van der Waals surface area contributed by atoms with Crippen LogP contribution in [0.25, 0.3) is 88.6 Å². The zero-order valence-electron chi connectivity index (χ0n) is 70.8. The predicted octanol–water partition coefficient (Wildman–Crippen LogP) is 9.00. The fourth-order valence-corrected chi connectivity index (χ4v) is 19.2. The molecule has 1 amide bonds. The molecule has 14 N–H and O–H groups in total. The SMILES string of the molecule is CN(C)CC1CC(n2cc(-c3cccc(CNS(C)(=O)=O)c3)c3c(N)ncnc32)C1.CN1CCN(CC2CC(n3cc(-c4cccc(CNS(C)(=O)=O)c4)c4c(N)ncnc43)C2)CC1.COC(=O)NCc1cccc(-c2cn(C3CC(CN4CCC4)C3)c3ncnc(N)c23)c1.CS(=O)(=O)NCc1cccc(-c2cn(C3CC(CN)C3)c3ncnc(N)c23)c1. The smallest absolute Gasteiger partial charge is 0.407 e. The normalized spacial score (nSPS) is 20.6. The van der Waals surface area contributed by atoms with Crippen LogP contribution in [0.2, 0.25) is 0 Å². The van der Waals surface area contributed by atoms with Gasteiger partial charge in [0.25, 0.3) is 0 Å². The molecule has 0 atom stereocenters. The van der Waals surface area contributed by atoms with Crippen LogP contribution in [-0.4, -0.2) is 222 Å². The molecule has 12 aromatic rings. The molecular formula is C87H113N25O8S3. The number of alkyl carbamates (subject to hydrolysis) is 1. The Morgan fingerprint density at radius 1 is 0.431 bits per heavy atom. The highest BCUT2D eigenvalue weighted by atomic mass is 32.2. The highest BCUT2D eigenvalue weighted by Crippen LogP contribution is 2.48. The molecule has 0 unspecified atom stereocenters. The molecule has 0 bridgehead atoms. The number of likely N-dealkylation sites (tertiary alicyclic amines) is 1. The largest absolute Gasteiger partial charge is 0.453 e. The first-order valence-corrected chi connectivity index (χ1v) is 47.6. The van der Waals surface area contributed by atoms with Gasteiger partial charge in [-0.25, -0.2) is 84.1 Å². The minimum atomic E-state index is -3.26. The Balaban J connectivity index is 0.000000127. The van der Waals surface area contributed by atoms with E-state index in [1.807, 2.05) is 84.9 Å². The van der Waals surface area contributed by atoms with Crippen molar-refractivity contribution >= 4 is 104 Å². The summed E-state index contributed by atoms with van der Waals surface area (Å²) < 4.78 is 89.9. The van der Waals surface area contributed by atoms with E-state index in [0.717, 1.165) is 207 Å². The van der Waals surface area contributed by atoms with Crippen molar-refractivity contribution in [2.24, 2.45) is 29.4 Å². The summed E-state index contributed by atoms with van der Waals surface area (Å²) in [4.78, 5) is 56.3. The number of likely N-dealkylation sites (N-methyl/N-ethyl adjacent to an activating group) is 1. The van der Waals surface area contributed by atoms with Crippen molar-refractivity contribution < 1.29 is 34.8 Å². The second-order valence-corrected chi connectivity index (χ2v) is 39.8. The highest BCUT2D eigenvalue weighted by molar-refractivity contribution is 7.89. The molecule has 8 aromatic heterocycles. The van der Waals surface area contributed by atoms with E-state index < -0.39 is 36.2 Å². The first-order chi connectivity index (χ1) is 58.9. The predicted molar refractivity (Wildman–Crippen MR) is 483 cm³/mol. The third kappa shape index (κ3) is 20.9. The van der Waals surface area contributed by atoms with Crippen LogP contribution in [0.1, 0.15) is 104 Å². The summed E-state index contributed by atoms with van der Waals surface area (Å²) in [5.74, 6) is 4.56. The van der Waals surface area contributed by atoms with Gasteiger partial charge in [-0.05, 0) is 191 Å². The molecule has 36 heteroatoms. The number of nitrogens with zero attached hydrogens (tertiary/aromatic N) is 16. The summed E-state index contributed by atoms with van der Waals surface area (Å²) in [6, 6.07) is 33.1. The molecule has 2 aliphatic heterocycles. The van der Waals surface area contributed by atoms with E-state index in [4.69, 9.17) is 28.7 Å². The van der Waals surface area contributed by atoms with Gasteiger partial charge >= 0.3 is 6.09 Å². The molecule has 0 radical (unpaired) electrons. The minimum Gasteiger partial charge on any atom is -0.453 e. The molecular weight excluding hydrogens is 1620 g/mol. The summed E-state index contributed by atoms with van der Waals surface area (Å²) in [5.41, 5.74) is 45.8. The maximum absolute atomic E-state index is 11.5. The van der Waals surface area contributed by atoms with Gasteiger partial charge in [-0.3, -0.25) is 0 Å². The second kappa shape index (κ2) is 37.4. The molecule has 33 nitrogen and oxygen atoms in total. The summed E-state index contributed by atoms with van der Waals surface area (Å²) in [5, 5.41) is 6.16. The van der Waals surface area contributed by atoms with E-state index in [9.17, 15) is 30.0 Å². The van der Waals surface area contributed by atoms with Crippen LogP contribution in [0.5, 0.6) is 0 Å². The van der Waals surface area contributed by atoms with E-state index in [1.54, 1.807) is 6.33 Å². The summed E-state index contributed by atoms with van der Waals surface area (Å²) in [7, 11) is -2.01. The molecule has 6 aliphatic rings. The van der Waals surface area contributed by atoms with Crippen molar-refractivity contribution in [2.75, 3.05) is 135 Å². The van der Waals surface area contributed by atoms with Gasteiger partial charge < -0.3 is 76.6 Å². The average Bonchev–Trinajstić information content (AvgIpc) is 1.62. The zero-order chi connectivity index (χ0) is 86.6. The van der Waals surface area contributed by atoms with Gasteiger partial charge in [-0.15, -0.1) is 0 Å². The van der Waals surface area contributed by atoms with Crippen molar-refractivity contribution in [2.45, 2.75) is 108 Å². The number of rotatable bonds is 26. The number of nitrogen functional groups attached to an aromatic ring is 4. The van der Waals surface area contributed by atoms with E-state index in [1.165, 1.54) is 71.5 Å². The molecule has 18 rings (SSSR count). The van der Waals surface area contributed by atoms with Crippen LogP contribution in [0.4, 0.5) is 28.1 Å². The zero-order valence-corrected chi connectivity index (χ0v) is 73.2. The third-order valence-corrected chi connectivity index (χ3v) is 26.7. The van der Waals surface area contributed by atoms with Crippen molar-refractivity contribution in [1.29, 1.82) is 0 Å². The molecule has 6 fully saturated rings. The lowest BCUT2D eigenvalue weighted by Gasteiger charge is -2.42. The van der Waals surface area contributed by atoms with Crippen LogP contribution >= 0.6 is 0 Å². The molecule has 10 heterocycles. The van der Waals surface area contributed by atoms with Gasteiger partial charge in [0, 0.05) is 143 Å². The molecule has 4 aromatic carbocycles. The van der Waals surface area contributed by atoms with Gasteiger partial charge in [-0.2, -0.15) is 0 Å². The monoisotopic (exact) mass is 1730 g/mol. The number of ether oxygens (including phenoxy) is 1. The molecule has 123 heavy (non-hydrogen) atoms. The number of hydrogen-bond acceptors (Lipinski definition) is 25. The number of aromatic nitrogens is 12. The van der Waals surface area contributed by atoms with Crippen LogP contribution in [-0.2, 0) is 61.0 Å². The van der Waals surface area contributed by atoms with E-state index in [-0.39, 0.29) is 19.6 Å². The maximum atomic E-state index is 11.5. The molecule has 4 aliphatic carbocycles. The molecule has 0 spiro atoms. The number of sulfonamides is 3. The standard InChI is InChI=1S/C24H33N7O2S.C23H28N6O2.C21H28N6O2S.C19H24N6O2S/c1-29-6-8-30(9-7-29)14-18-11-20(12-18)31-15-21(22-23(25)26-16-27-24(22)31)19-5-3-4-17(10-19)13-28-34(2,32)33;1-31-23(30)25-11-15-4-2-5-17(8-15)19-13-29(22-20(19)21(24)26-14-27-22)18-9-16(10-18)12-28-6-3-7-28;1-26(2)11-15-8-17(9-15)27-12-18(19-20(22)23-13-24-21(19)27)16-6-4-5-14(7-16)10-25-30(3,28)29;1-28(26,27)24-9-12-3-2-4-14(5-12)16-10-25(15-6-13(7-15)8-20)19-17(16)18(21)22-11-23-19/h3-5,10,15-16,18,20,28H,6-9,11-14H2,1-2H3,(H2,25,26,27);2,4-5,8,13-14,16,18H,3,6-7,9-12H2,1H3,(H,25,30)(H2,24,26,27);4-7,12-13,15,17,25H,8-11H2,1-3H3,(H2,22,23,24);2-5,10-11,13,15,24H,6-9,20H2,1H3,(H2,21,22,23). The number of fused-ring (bicyclic) bond motifs is 4. The van der Waals surface area contributed by atoms with Crippen molar-refractivity contribution in [3.05, 3.63) is 169 Å². The quantitative estimate of drug-likeness (QED) is 0.0244. The van der Waals surface area contributed by atoms with Crippen LogP contribution in [0.3, 0.4) is 0 Å². The minimum absolute atomic E-state index is 0.234. The number of carbonyl (C=O) groups is 1. The number of nitrogens with two attached hydrogens (primary N) is 5. The Hall–Kier alpha value is -10.6. The van der Waals surface area contributed by atoms with Crippen LogP contribution in [0.15, 0.2) is 147 Å². The first-order valence-electron chi connectivity index (χ1n) is 41.9. The first kappa shape index (κ1) is 87.3. The highest BCUT2D eigenvalue weighted by Gasteiger charge is 2.38. The number of hydrogen-bond donors (Lipinski definition) is 9. The van der Waals surface area contributed by atoms with Gasteiger partial charge in [0.05, 0.1) is 47.4 Å². The lowest BCUT2D eigenvalue weighted by Crippen LogP contribution is -2.47. The maximum Gasteiger partial charge on any atom is 0.407 e. The number of piperazine rings is 1. The fraction of sp³-hybridized carbons (Fsp3) is 0.437. The van der Waals surface area contributed by atoms with E-state index in [0.29, 0.717) is 78.3 Å². The number of amides is 1. The number of carbonyl (C=O) groups excluding carboxylic acids is 1. The van der Waals surface area contributed by atoms with Gasteiger partial charge in [0.1, 0.15) is 71.2 Å². The topological polar surface area (TPSA) is 443 Å². The average molecular weight is 1730 g/mol. The Morgan fingerprint density at radius 3 is 1.02 bits per heavy atom. The molecule has 652 valence electrons. The summed E-state index contributed by atoms with van der Waals surface area (Å²) in [6.45, 7) is 12.4. The molecule has 2 saturated heterocycles. The lowest BCUT2D eigenvalue weighted by atomic mass is 9.79. The Morgan fingerprint density at radius 2 is 0.732 bits per heavy atom. The van der Waals surface area contributed by atoms with Crippen LogP contribution < -0.4 is 48.2 Å².